The Kier molecular flexibility index (Phi) is 12.9. The lowest BCUT2D eigenvalue weighted by Crippen LogP contribution is -2.23. The van der Waals surface area contributed by atoms with Crippen molar-refractivity contribution in [3.05, 3.63) is 0 Å². The highest BCUT2D eigenvalue weighted by atomic mass is 16.5. The van der Waals surface area contributed by atoms with Crippen LogP contribution in [0.4, 0.5) is 0 Å². The molecular formula is C14H31NO. The van der Waals surface area contributed by atoms with E-state index in [1.807, 2.05) is 0 Å². The van der Waals surface area contributed by atoms with Gasteiger partial charge in [0.15, 0.2) is 0 Å². The molecule has 0 amide bonds. The highest BCUT2D eigenvalue weighted by Crippen LogP contribution is 2.11. The lowest BCUT2D eigenvalue weighted by atomic mass is 9.99. The van der Waals surface area contributed by atoms with Crippen molar-refractivity contribution in [1.29, 1.82) is 0 Å². The molecule has 0 aliphatic carbocycles. The van der Waals surface area contributed by atoms with Crippen molar-refractivity contribution in [2.24, 2.45) is 5.92 Å². The molecule has 0 aromatic rings. The molecule has 0 aliphatic heterocycles. The lowest BCUT2D eigenvalue weighted by molar-refractivity contribution is 0.192. The van der Waals surface area contributed by atoms with E-state index in [4.69, 9.17) is 4.74 Å². The fourth-order valence-corrected chi connectivity index (χ4v) is 1.92. The van der Waals surface area contributed by atoms with Gasteiger partial charge in [0.25, 0.3) is 0 Å². The van der Waals surface area contributed by atoms with Gasteiger partial charge in [-0.15, -0.1) is 0 Å². The Morgan fingerprint density at radius 1 is 1.06 bits per heavy atom. The molecule has 1 atom stereocenters. The van der Waals surface area contributed by atoms with Gasteiger partial charge in [-0.2, -0.15) is 0 Å². The molecular weight excluding hydrogens is 198 g/mol. The van der Waals surface area contributed by atoms with Crippen LogP contribution in [0.15, 0.2) is 0 Å². The fourth-order valence-electron chi connectivity index (χ4n) is 1.92. The van der Waals surface area contributed by atoms with Gasteiger partial charge in [0.1, 0.15) is 0 Å². The number of unbranched alkanes of at least 4 members (excludes halogenated alkanes) is 3. The van der Waals surface area contributed by atoms with E-state index in [1.165, 1.54) is 58.0 Å². The Bertz CT molecular complexity index is 128. The first kappa shape index (κ1) is 15.9. The zero-order valence-electron chi connectivity index (χ0n) is 11.6. The maximum atomic E-state index is 5.03. The van der Waals surface area contributed by atoms with E-state index < -0.39 is 0 Å². The molecule has 0 aromatic carbocycles. The second kappa shape index (κ2) is 13.0. The molecule has 0 spiro atoms. The van der Waals surface area contributed by atoms with Crippen LogP contribution in [0.1, 0.15) is 58.8 Å². The largest absolute Gasteiger partial charge is 0.385 e. The van der Waals surface area contributed by atoms with Gasteiger partial charge in [-0.25, -0.2) is 0 Å². The second-order valence-corrected chi connectivity index (χ2v) is 4.67. The Morgan fingerprint density at radius 2 is 1.88 bits per heavy atom. The Labute approximate surface area is 102 Å². The Balaban J connectivity index is 3.20. The van der Waals surface area contributed by atoms with E-state index in [0.29, 0.717) is 0 Å². The second-order valence-electron chi connectivity index (χ2n) is 4.67. The van der Waals surface area contributed by atoms with Crippen LogP contribution in [-0.2, 0) is 4.74 Å². The molecule has 1 unspecified atom stereocenters. The van der Waals surface area contributed by atoms with Crippen LogP contribution < -0.4 is 5.32 Å². The zero-order valence-corrected chi connectivity index (χ0v) is 11.6. The minimum atomic E-state index is 0.888. The average molecular weight is 229 g/mol. The molecule has 2 heteroatoms. The van der Waals surface area contributed by atoms with Gasteiger partial charge >= 0.3 is 0 Å². The van der Waals surface area contributed by atoms with E-state index in [-0.39, 0.29) is 0 Å². The maximum absolute atomic E-state index is 5.03. The van der Waals surface area contributed by atoms with E-state index in [9.17, 15) is 0 Å². The van der Waals surface area contributed by atoms with Gasteiger partial charge in [0.2, 0.25) is 0 Å². The van der Waals surface area contributed by atoms with E-state index >= 15 is 0 Å². The molecule has 0 heterocycles. The summed E-state index contributed by atoms with van der Waals surface area (Å²) in [5, 5.41) is 3.58. The average Bonchev–Trinajstić information content (AvgIpc) is 2.32. The monoisotopic (exact) mass is 229 g/mol. The van der Waals surface area contributed by atoms with Crippen LogP contribution in [0, 0.1) is 5.92 Å². The predicted octanol–water partition coefficient (Wildman–Crippen LogP) is 3.61. The quantitative estimate of drug-likeness (QED) is 0.516. The van der Waals surface area contributed by atoms with Crippen LogP contribution in [0.25, 0.3) is 0 Å². The number of nitrogens with one attached hydrogen (secondary N) is 1. The van der Waals surface area contributed by atoms with Crippen molar-refractivity contribution in [1.82, 2.24) is 5.32 Å². The minimum absolute atomic E-state index is 0.888. The summed E-state index contributed by atoms with van der Waals surface area (Å²) in [6, 6.07) is 0. The first-order valence-electron chi connectivity index (χ1n) is 7.04. The normalized spacial score (nSPS) is 12.9. The Morgan fingerprint density at radius 3 is 2.50 bits per heavy atom. The summed E-state index contributed by atoms with van der Waals surface area (Å²) >= 11 is 0. The maximum Gasteiger partial charge on any atom is 0.0462 e. The number of hydrogen-bond donors (Lipinski definition) is 1. The van der Waals surface area contributed by atoms with E-state index in [1.54, 1.807) is 7.11 Å². The first-order chi connectivity index (χ1) is 7.85. The summed E-state index contributed by atoms with van der Waals surface area (Å²) in [6.45, 7) is 7.87. The lowest BCUT2D eigenvalue weighted by Gasteiger charge is -2.15. The third kappa shape index (κ3) is 10.4. The van der Waals surface area contributed by atoms with Crippen LogP contribution in [-0.4, -0.2) is 26.8 Å². The van der Waals surface area contributed by atoms with Crippen LogP contribution in [0.2, 0.25) is 0 Å². The fraction of sp³-hybridized carbons (Fsp3) is 1.00. The van der Waals surface area contributed by atoms with Crippen molar-refractivity contribution >= 4 is 0 Å². The minimum Gasteiger partial charge on any atom is -0.385 e. The molecule has 0 aliphatic rings. The molecule has 16 heavy (non-hydrogen) atoms. The van der Waals surface area contributed by atoms with Gasteiger partial charge in [-0.3, -0.25) is 0 Å². The number of methoxy groups -OCH3 is 1. The molecule has 0 saturated heterocycles. The van der Waals surface area contributed by atoms with Crippen molar-refractivity contribution in [3.63, 3.8) is 0 Å². The van der Waals surface area contributed by atoms with Gasteiger partial charge in [-0.1, -0.05) is 33.1 Å². The number of rotatable bonds is 12. The third-order valence-electron chi connectivity index (χ3n) is 3.18. The number of ether oxygens (including phenoxy) is 1. The summed E-state index contributed by atoms with van der Waals surface area (Å²) < 4.78 is 5.03. The molecule has 2 nitrogen and oxygen atoms in total. The van der Waals surface area contributed by atoms with E-state index in [0.717, 1.165) is 12.5 Å². The van der Waals surface area contributed by atoms with Crippen LogP contribution >= 0.6 is 0 Å². The van der Waals surface area contributed by atoms with Gasteiger partial charge in [0.05, 0.1) is 0 Å². The smallest absolute Gasteiger partial charge is 0.0462 e. The van der Waals surface area contributed by atoms with Gasteiger partial charge in [0, 0.05) is 13.7 Å². The van der Waals surface area contributed by atoms with Crippen molar-refractivity contribution in [2.75, 3.05) is 26.8 Å². The van der Waals surface area contributed by atoms with Crippen molar-refractivity contribution in [3.8, 4) is 0 Å². The molecule has 98 valence electrons. The number of hydrogen-bond acceptors (Lipinski definition) is 2. The van der Waals surface area contributed by atoms with Crippen LogP contribution in [0.5, 0.6) is 0 Å². The van der Waals surface area contributed by atoms with Crippen molar-refractivity contribution < 1.29 is 4.74 Å². The highest BCUT2D eigenvalue weighted by molar-refractivity contribution is 4.61. The van der Waals surface area contributed by atoms with Gasteiger partial charge in [-0.05, 0) is 44.7 Å². The van der Waals surface area contributed by atoms with Gasteiger partial charge < -0.3 is 10.1 Å². The summed E-state index contributed by atoms with van der Waals surface area (Å²) in [6.07, 6.45) is 9.19. The summed E-state index contributed by atoms with van der Waals surface area (Å²) in [7, 11) is 1.78. The SMILES string of the molecule is CCCCC(CC)CNCCCCCOC. The molecule has 0 bridgehead atoms. The first-order valence-corrected chi connectivity index (χ1v) is 7.04. The summed E-state index contributed by atoms with van der Waals surface area (Å²) in [5.74, 6) is 0.888. The molecule has 0 fully saturated rings. The topological polar surface area (TPSA) is 21.3 Å². The standard InChI is InChI=1S/C14H31NO/c1-4-6-10-14(5-2)13-15-11-8-7-9-12-16-3/h14-15H,4-13H2,1-3H3. The highest BCUT2D eigenvalue weighted by Gasteiger charge is 2.04. The molecule has 1 N–H and O–H groups in total. The molecule has 0 aromatic heterocycles. The van der Waals surface area contributed by atoms with E-state index in [2.05, 4.69) is 19.2 Å². The molecule has 0 saturated carbocycles. The predicted molar refractivity (Wildman–Crippen MR) is 71.9 cm³/mol. The third-order valence-corrected chi connectivity index (χ3v) is 3.18. The van der Waals surface area contributed by atoms with Crippen molar-refractivity contribution in [2.45, 2.75) is 58.8 Å². The Hall–Kier alpha value is -0.0800. The summed E-state index contributed by atoms with van der Waals surface area (Å²) in [4.78, 5) is 0. The zero-order chi connectivity index (χ0) is 12.1. The van der Waals surface area contributed by atoms with Crippen LogP contribution in [0.3, 0.4) is 0 Å². The molecule has 0 radical (unpaired) electrons. The molecule has 0 rings (SSSR count). The summed E-state index contributed by atoms with van der Waals surface area (Å²) in [5.41, 5.74) is 0.